The van der Waals surface area contributed by atoms with Crippen LogP contribution in [0.2, 0.25) is 5.02 Å². The number of amides is 1. The number of carbonyl (C=O) groups is 1. The Labute approximate surface area is 158 Å². The fourth-order valence-corrected chi connectivity index (χ4v) is 4.66. The Morgan fingerprint density at radius 2 is 1.92 bits per heavy atom. The number of aryl methyl sites for hydroxylation is 1. The average Bonchev–Trinajstić information content (AvgIpc) is 3.00. The lowest BCUT2D eigenvalue weighted by Gasteiger charge is -2.04. The van der Waals surface area contributed by atoms with E-state index in [2.05, 4.69) is 10.3 Å². The quantitative estimate of drug-likeness (QED) is 0.637. The number of nitrogens with zero attached hydrogens (tertiary/aromatic N) is 1. The van der Waals surface area contributed by atoms with Gasteiger partial charge >= 0.3 is 0 Å². The molecule has 1 heterocycles. The number of halogens is 2. The number of carbonyl (C=O) groups excluding carboxylic acids is 1. The maximum absolute atomic E-state index is 12.9. The van der Waals surface area contributed by atoms with E-state index in [0.717, 1.165) is 22.4 Å². The first kappa shape index (κ1) is 18.8. The van der Waals surface area contributed by atoms with Crippen molar-refractivity contribution in [1.29, 1.82) is 0 Å². The molecule has 0 unspecified atom stereocenters. The molecule has 0 aliphatic rings. The molecule has 3 aromatic rings. The van der Waals surface area contributed by atoms with Crippen LogP contribution in [-0.4, -0.2) is 25.1 Å². The highest BCUT2D eigenvalue weighted by molar-refractivity contribution is 7.91. The first-order valence-corrected chi connectivity index (χ1v) is 10.4. The number of hydrogen-bond donors (Lipinski definition) is 1. The molecule has 1 N–H and O–H groups in total. The maximum Gasteiger partial charge on any atom is 0.227 e. The Balaban J connectivity index is 1.67. The fourth-order valence-electron chi connectivity index (χ4n) is 2.32. The summed E-state index contributed by atoms with van der Waals surface area (Å²) in [5, 5.41) is 3.58. The van der Waals surface area contributed by atoms with E-state index < -0.39 is 21.6 Å². The van der Waals surface area contributed by atoms with E-state index in [0.29, 0.717) is 15.7 Å². The molecule has 0 fully saturated rings. The number of anilines is 1. The Hall–Kier alpha value is -2.03. The summed E-state index contributed by atoms with van der Waals surface area (Å²) in [6.45, 7) is 1.84. The van der Waals surface area contributed by atoms with E-state index in [9.17, 15) is 17.6 Å². The second-order valence-corrected chi connectivity index (χ2v) is 9.16. The van der Waals surface area contributed by atoms with E-state index in [4.69, 9.17) is 11.6 Å². The molecule has 3 rings (SSSR count). The Bertz CT molecular complexity index is 1080. The van der Waals surface area contributed by atoms with Gasteiger partial charge in [-0.25, -0.2) is 17.8 Å². The van der Waals surface area contributed by atoms with Crippen LogP contribution in [0.15, 0.2) is 41.3 Å². The van der Waals surface area contributed by atoms with Crippen molar-refractivity contribution in [3.05, 3.63) is 52.8 Å². The third-order valence-corrected chi connectivity index (χ3v) is 6.84. The summed E-state index contributed by atoms with van der Waals surface area (Å²) >= 11 is 7.34. The van der Waals surface area contributed by atoms with E-state index in [-0.39, 0.29) is 17.1 Å². The summed E-state index contributed by atoms with van der Waals surface area (Å²) in [5.74, 6) is -1.35. The molecule has 2 aromatic carbocycles. The molecule has 0 bridgehead atoms. The lowest BCUT2D eigenvalue weighted by atomic mass is 10.2. The van der Waals surface area contributed by atoms with Gasteiger partial charge in [0.15, 0.2) is 15.0 Å². The molecular weight excluding hydrogens is 399 g/mol. The van der Waals surface area contributed by atoms with Crippen molar-refractivity contribution in [1.82, 2.24) is 4.98 Å². The van der Waals surface area contributed by atoms with E-state index in [1.807, 2.05) is 13.0 Å². The monoisotopic (exact) mass is 412 g/mol. The second-order valence-electron chi connectivity index (χ2n) is 5.61. The minimum Gasteiger partial charge on any atom is -0.302 e. The zero-order chi connectivity index (χ0) is 18.9. The summed E-state index contributed by atoms with van der Waals surface area (Å²) in [4.78, 5) is 16.4. The molecule has 26 heavy (non-hydrogen) atoms. The number of fused-ring (bicyclic) bond motifs is 1. The SMILES string of the molecule is Cc1c(Cl)ccc2sc(NC(=O)CCS(=O)(=O)c3ccc(F)cc3)nc12. The number of rotatable bonds is 5. The highest BCUT2D eigenvalue weighted by Gasteiger charge is 2.17. The van der Waals surface area contributed by atoms with Crippen molar-refractivity contribution in [2.24, 2.45) is 0 Å². The van der Waals surface area contributed by atoms with Gasteiger partial charge in [-0.3, -0.25) is 4.79 Å². The average molecular weight is 413 g/mol. The molecule has 0 aliphatic carbocycles. The minimum atomic E-state index is -3.66. The van der Waals surface area contributed by atoms with Gasteiger partial charge < -0.3 is 5.32 Å². The number of hydrogen-bond acceptors (Lipinski definition) is 5. The standard InChI is InChI=1S/C17H14ClFN2O3S2/c1-10-13(18)6-7-14-16(10)21-17(25-14)20-15(22)8-9-26(23,24)12-4-2-11(19)3-5-12/h2-7H,8-9H2,1H3,(H,20,21,22). The summed E-state index contributed by atoms with van der Waals surface area (Å²) in [6.07, 6.45) is -0.227. The van der Waals surface area contributed by atoms with E-state index in [1.54, 1.807) is 6.07 Å². The first-order chi connectivity index (χ1) is 12.3. The van der Waals surface area contributed by atoms with Crippen LogP contribution >= 0.6 is 22.9 Å². The molecule has 1 aromatic heterocycles. The minimum absolute atomic E-state index is 0.0167. The van der Waals surface area contributed by atoms with Crippen molar-refractivity contribution in [3.63, 3.8) is 0 Å². The third kappa shape index (κ3) is 4.03. The van der Waals surface area contributed by atoms with Gasteiger partial charge in [0.2, 0.25) is 5.91 Å². The number of thiazole rings is 1. The van der Waals surface area contributed by atoms with Crippen molar-refractivity contribution in [3.8, 4) is 0 Å². The van der Waals surface area contributed by atoms with Crippen molar-refractivity contribution >= 4 is 54.0 Å². The molecule has 0 atom stereocenters. The fraction of sp³-hybridized carbons (Fsp3) is 0.176. The predicted octanol–water partition coefficient (Wildman–Crippen LogP) is 4.20. The second kappa shape index (κ2) is 7.30. The zero-order valence-corrected chi connectivity index (χ0v) is 16.0. The highest BCUT2D eigenvalue weighted by Crippen LogP contribution is 2.31. The predicted molar refractivity (Wildman–Crippen MR) is 101 cm³/mol. The lowest BCUT2D eigenvalue weighted by Crippen LogP contribution is -2.17. The van der Waals surface area contributed by atoms with Crippen LogP contribution in [0.4, 0.5) is 9.52 Å². The third-order valence-electron chi connectivity index (χ3n) is 3.76. The van der Waals surface area contributed by atoms with Crippen LogP contribution in [0.1, 0.15) is 12.0 Å². The van der Waals surface area contributed by atoms with Crippen molar-refractivity contribution in [2.75, 3.05) is 11.1 Å². The highest BCUT2D eigenvalue weighted by atomic mass is 35.5. The summed E-state index contributed by atoms with van der Waals surface area (Å²) in [7, 11) is -3.66. The number of nitrogens with one attached hydrogen (secondary N) is 1. The topological polar surface area (TPSA) is 76.1 Å². The van der Waals surface area contributed by atoms with Crippen LogP contribution in [0.5, 0.6) is 0 Å². The summed E-state index contributed by atoms with van der Waals surface area (Å²) in [6, 6.07) is 8.09. The van der Waals surface area contributed by atoms with Gasteiger partial charge in [-0.2, -0.15) is 0 Å². The van der Waals surface area contributed by atoms with Gasteiger partial charge in [-0.05, 0) is 48.9 Å². The Kier molecular flexibility index (Phi) is 5.27. The molecule has 1 amide bonds. The molecule has 136 valence electrons. The molecule has 0 saturated carbocycles. The molecule has 0 spiro atoms. The van der Waals surface area contributed by atoms with Crippen molar-refractivity contribution in [2.45, 2.75) is 18.2 Å². The van der Waals surface area contributed by atoms with E-state index in [1.165, 1.54) is 23.5 Å². The zero-order valence-electron chi connectivity index (χ0n) is 13.6. The largest absolute Gasteiger partial charge is 0.302 e. The Morgan fingerprint density at radius 3 is 2.62 bits per heavy atom. The maximum atomic E-state index is 12.9. The smallest absolute Gasteiger partial charge is 0.227 e. The van der Waals surface area contributed by atoms with Crippen LogP contribution in [0, 0.1) is 12.7 Å². The Morgan fingerprint density at radius 1 is 1.23 bits per heavy atom. The molecule has 9 heteroatoms. The van der Waals surface area contributed by atoms with Crippen LogP contribution in [-0.2, 0) is 14.6 Å². The molecular formula is C17H14ClFN2O3S2. The van der Waals surface area contributed by atoms with Crippen molar-refractivity contribution < 1.29 is 17.6 Å². The van der Waals surface area contributed by atoms with Crippen LogP contribution in [0.3, 0.4) is 0 Å². The van der Waals surface area contributed by atoms with Gasteiger partial charge in [0.05, 0.1) is 20.9 Å². The molecule has 5 nitrogen and oxygen atoms in total. The van der Waals surface area contributed by atoms with Gasteiger partial charge in [0.25, 0.3) is 0 Å². The van der Waals surface area contributed by atoms with Crippen LogP contribution < -0.4 is 5.32 Å². The number of aromatic nitrogens is 1. The molecule has 0 aliphatic heterocycles. The normalized spacial score (nSPS) is 11.7. The molecule has 0 saturated heterocycles. The summed E-state index contributed by atoms with van der Waals surface area (Å²) in [5.41, 5.74) is 1.52. The van der Waals surface area contributed by atoms with Gasteiger partial charge in [-0.15, -0.1) is 0 Å². The number of sulfone groups is 1. The molecule has 0 radical (unpaired) electrons. The first-order valence-electron chi connectivity index (χ1n) is 7.60. The lowest BCUT2D eigenvalue weighted by molar-refractivity contribution is -0.115. The van der Waals surface area contributed by atoms with Gasteiger partial charge in [-0.1, -0.05) is 22.9 Å². The number of benzene rings is 2. The van der Waals surface area contributed by atoms with Gasteiger partial charge in [0.1, 0.15) is 5.82 Å². The van der Waals surface area contributed by atoms with Gasteiger partial charge in [0, 0.05) is 11.4 Å². The van der Waals surface area contributed by atoms with Crippen LogP contribution in [0.25, 0.3) is 10.2 Å². The van der Waals surface area contributed by atoms with E-state index >= 15 is 0 Å². The summed E-state index contributed by atoms with van der Waals surface area (Å²) < 4.78 is 38.2.